The van der Waals surface area contributed by atoms with Gasteiger partial charge in [-0.15, -0.1) is 0 Å². The Morgan fingerprint density at radius 1 is 1.21 bits per heavy atom. The minimum absolute atomic E-state index is 0.512. The summed E-state index contributed by atoms with van der Waals surface area (Å²) in [5.74, 6) is 0.914. The first-order chi connectivity index (χ1) is 9.20. The van der Waals surface area contributed by atoms with E-state index >= 15 is 0 Å². The molecule has 0 amide bonds. The third kappa shape index (κ3) is 3.61. The average Bonchev–Trinajstić information content (AvgIpc) is 2.40. The van der Waals surface area contributed by atoms with E-state index in [0.29, 0.717) is 18.3 Å². The number of pyridine rings is 1. The Kier molecular flexibility index (Phi) is 4.63. The fourth-order valence-corrected chi connectivity index (χ4v) is 2.04. The predicted octanol–water partition coefficient (Wildman–Crippen LogP) is 4.05. The summed E-state index contributed by atoms with van der Waals surface area (Å²) >= 11 is 5.84. The molecule has 2 aromatic rings. The molecule has 0 aliphatic rings. The number of aryl methyl sites for hydroxylation is 1. The maximum absolute atomic E-state index is 5.84. The van der Waals surface area contributed by atoms with Gasteiger partial charge in [0.25, 0.3) is 0 Å². The Hall–Kier alpha value is -1.74. The highest BCUT2D eigenvalue weighted by Gasteiger charge is 2.04. The van der Waals surface area contributed by atoms with Crippen molar-refractivity contribution in [1.29, 1.82) is 0 Å². The lowest BCUT2D eigenvalue weighted by atomic mass is 10.2. The molecule has 2 rings (SSSR count). The van der Waals surface area contributed by atoms with Crippen LogP contribution in [0.15, 0.2) is 36.4 Å². The maximum Gasteiger partial charge on any atom is 0.129 e. The van der Waals surface area contributed by atoms with Gasteiger partial charge in [-0.05, 0) is 32.0 Å². The number of para-hydroxylation sites is 1. The third-order valence-corrected chi connectivity index (χ3v) is 3.00. The Morgan fingerprint density at radius 2 is 2.00 bits per heavy atom. The smallest absolute Gasteiger partial charge is 0.129 e. The number of nitrogens with one attached hydrogen (secondary N) is 1. The first kappa shape index (κ1) is 13.7. The summed E-state index contributed by atoms with van der Waals surface area (Å²) in [6.07, 6.45) is 0. The van der Waals surface area contributed by atoms with Crippen molar-refractivity contribution in [2.24, 2.45) is 0 Å². The monoisotopic (exact) mass is 276 g/mol. The number of halogens is 1. The molecule has 0 bridgehead atoms. The van der Waals surface area contributed by atoms with Crippen LogP contribution < -0.4 is 10.1 Å². The van der Waals surface area contributed by atoms with Crippen LogP contribution in [-0.2, 0) is 6.54 Å². The summed E-state index contributed by atoms with van der Waals surface area (Å²) < 4.78 is 5.60. The van der Waals surface area contributed by atoms with E-state index in [0.717, 1.165) is 22.7 Å². The summed E-state index contributed by atoms with van der Waals surface area (Å²) in [6, 6.07) is 11.7. The van der Waals surface area contributed by atoms with E-state index in [-0.39, 0.29) is 0 Å². The standard InChI is InChI=1S/C15H17ClN2O/c1-3-19-14-7-5-4-6-12(14)10-17-13-8-9-15(16)18-11(13)2/h4-9,17H,3,10H2,1-2H3. The van der Waals surface area contributed by atoms with Crippen molar-refractivity contribution in [2.45, 2.75) is 20.4 Å². The minimum atomic E-state index is 0.512. The van der Waals surface area contributed by atoms with Crippen molar-refractivity contribution < 1.29 is 4.74 Å². The third-order valence-electron chi connectivity index (χ3n) is 2.79. The van der Waals surface area contributed by atoms with Gasteiger partial charge in [-0.2, -0.15) is 0 Å². The summed E-state index contributed by atoms with van der Waals surface area (Å²) in [6.45, 7) is 5.28. The van der Waals surface area contributed by atoms with Crippen molar-refractivity contribution in [3.05, 3.63) is 52.8 Å². The number of rotatable bonds is 5. The normalized spacial score (nSPS) is 10.3. The topological polar surface area (TPSA) is 34.1 Å². The SMILES string of the molecule is CCOc1ccccc1CNc1ccc(Cl)nc1C. The largest absolute Gasteiger partial charge is 0.494 e. The summed E-state index contributed by atoms with van der Waals surface area (Å²) in [5, 5.41) is 3.87. The van der Waals surface area contributed by atoms with Gasteiger partial charge < -0.3 is 10.1 Å². The zero-order chi connectivity index (χ0) is 13.7. The molecule has 0 saturated heterocycles. The number of anilines is 1. The predicted molar refractivity (Wildman–Crippen MR) is 78.9 cm³/mol. The second-order valence-electron chi connectivity index (χ2n) is 4.16. The van der Waals surface area contributed by atoms with Gasteiger partial charge >= 0.3 is 0 Å². The lowest BCUT2D eigenvalue weighted by Crippen LogP contribution is -2.04. The van der Waals surface area contributed by atoms with Gasteiger partial charge in [0, 0.05) is 12.1 Å². The Balaban J connectivity index is 2.10. The van der Waals surface area contributed by atoms with Gasteiger partial charge in [-0.1, -0.05) is 29.8 Å². The van der Waals surface area contributed by atoms with E-state index < -0.39 is 0 Å². The van der Waals surface area contributed by atoms with E-state index in [1.807, 2.05) is 38.1 Å². The first-order valence-electron chi connectivity index (χ1n) is 6.28. The van der Waals surface area contributed by atoms with Crippen molar-refractivity contribution in [3.8, 4) is 5.75 Å². The summed E-state index contributed by atoms with van der Waals surface area (Å²) in [5.41, 5.74) is 3.00. The number of hydrogen-bond acceptors (Lipinski definition) is 3. The molecule has 0 saturated carbocycles. The lowest BCUT2D eigenvalue weighted by molar-refractivity contribution is 0.337. The molecular weight excluding hydrogens is 260 g/mol. The summed E-state index contributed by atoms with van der Waals surface area (Å²) in [7, 11) is 0. The number of hydrogen-bond donors (Lipinski definition) is 1. The molecule has 1 aromatic heterocycles. The summed E-state index contributed by atoms with van der Waals surface area (Å²) in [4.78, 5) is 4.22. The van der Waals surface area contributed by atoms with Crippen molar-refractivity contribution >= 4 is 17.3 Å². The molecule has 4 heteroatoms. The number of ether oxygens (including phenoxy) is 1. The van der Waals surface area contributed by atoms with Crippen molar-refractivity contribution in [3.63, 3.8) is 0 Å². The second kappa shape index (κ2) is 6.43. The molecule has 19 heavy (non-hydrogen) atoms. The molecule has 1 heterocycles. The molecule has 100 valence electrons. The van der Waals surface area contributed by atoms with Crippen LogP contribution in [0.4, 0.5) is 5.69 Å². The minimum Gasteiger partial charge on any atom is -0.494 e. The molecule has 0 fully saturated rings. The van der Waals surface area contributed by atoms with Gasteiger partial charge in [0.15, 0.2) is 0 Å². The van der Waals surface area contributed by atoms with Crippen LogP contribution in [0.25, 0.3) is 0 Å². The van der Waals surface area contributed by atoms with E-state index in [1.165, 1.54) is 0 Å². The molecule has 1 aromatic carbocycles. The lowest BCUT2D eigenvalue weighted by Gasteiger charge is -2.12. The van der Waals surface area contributed by atoms with Gasteiger partial charge in [-0.3, -0.25) is 0 Å². The number of benzene rings is 1. The van der Waals surface area contributed by atoms with Crippen LogP contribution in [0.2, 0.25) is 5.15 Å². The van der Waals surface area contributed by atoms with E-state index in [4.69, 9.17) is 16.3 Å². The van der Waals surface area contributed by atoms with Gasteiger partial charge in [0.05, 0.1) is 18.0 Å². The molecule has 3 nitrogen and oxygen atoms in total. The zero-order valence-corrected chi connectivity index (χ0v) is 11.9. The molecule has 0 aliphatic carbocycles. The van der Waals surface area contributed by atoms with Crippen LogP contribution >= 0.6 is 11.6 Å². The Bertz CT molecular complexity index is 558. The second-order valence-corrected chi connectivity index (χ2v) is 4.55. The van der Waals surface area contributed by atoms with Crippen molar-refractivity contribution in [2.75, 3.05) is 11.9 Å². The quantitative estimate of drug-likeness (QED) is 0.837. The highest BCUT2D eigenvalue weighted by molar-refractivity contribution is 6.29. The molecule has 0 spiro atoms. The fraction of sp³-hybridized carbons (Fsp3) is 0.267. The number of nitrogens with zero attached hydrogens (tertiary/aromatic N) is 1. The first-order valence-corrected chi connectivity index (χ1v) is 6.66. The van der Waals surface area contributed by atoms with E-state index in [2.05, 4.69) is 16.4 Å². The van der Waals surface area contributed by atoms with Crippen LogP contribution in [0, 0.1) is 6.92 Å². The van der Waals surface area contributed by atoms with Crippen LogP contribution in [-0.4, -0.2) is 11.6 Å². The molecule has 0 atom stereocenters. The van der Waals surface area contributed by atoms with Gasteiger partial charge in [-0.25, -0.2) is 4.98 Å². The molecule has 0 unspecified atom stereocenters. The molecule has 0 aliphatic heterocycles. The van der Waals surface area contributed by atoms with Crippen LogP contribution in [0.1, 0.15) is 18.2 Å². The molecule has 1 N–H and O–H groups in total. The fourth-order valence-electron chi connectivity index (χ4n) is 1.85. The molecule has 0 radical (unpaired) electrons. The highest BCUT2D eigenvalue weighted by Crippen LogP contribution is 2.21. The zero-order valence-electron chi connectivity index (χ0n) is 11.1. The average molecular weight is 277 g/mol. The van der Waals surface area contributed by atoms with Gasteiger partial charge in [0.2, 0.25) is 0 Å². The van der Waals surface area contributed by atoms with Crippen LogP contribution in [0.3, 0.4) is 0 Å². The Labute approximate surface area is 118 Å². The Morgan fingerprint density at radius 3 is 2.74 bits per heavy atom. The van der Waals surface area contributed by atoms with E-state index in [9.17, 15) is 0 Å². The maximum atomic E-state index is 5.84. The van der Waals surface area contributed by atoms with Crippen LogP contribution in [0.5, 0.6) is 5.75 Å². The van der Waals surface area contributed by atoms with E-state index in [1.54, 1.807) is 6.07 Å². The van der Waals surface area contributed by atoms with Gasteiger partial charge in [0.1, 0.15) is 10.9 Å². The number of aromatic nitrogens is 1. The van der Waals surface area contributed by atoms with Crippen molar-refractivity contribution in [1.82, 2.24) is 4.98 Å². The molecular formula is C15H17ClN2O. The highest BCUT2D eigenvalue weighted by atomic mass is 35.5.